The van der Waals surface area contributed by atoms with E-state index in [4.69, 9.17) is 0 Å². The van der Waals surface area contributed by atoms with Crippen molar-refractivity contribution < 1.29 is 4.57 Å². The number of hydrogen-bond donors (Lipinski definition) is 0. The van der Waals surface area contributed by atoms with Crippen molar-refractivity contribution in [1.29, 1.82) is 0 Å². The second-order valence-corrected chi connectivity index (χ2v) is 6.88. The molecule has 0 radical (unpaired) electrons. The van der Waals surface area contributed by atoms with Gasteiger partial charge in [-0.1, -0.05) is 6.42 Å². The molecule has 19 heavy (non-hydrogen) atoms. The summed E-state index contributed by atoms with van der Waals surface area (Å²) in [6.07, 6.45) is 13.0. The quantitative estimate of drug-likeness (QED) is 0.538. The van der Waals surface area contributed by atoms with Crippen LogP contribution in [0.15, 0.2) is 24.8 Å². The summed E-state index contributed by atoms with van der Waals surface area (Å²) in [6.45, 7) is 5.61. The SMILES string of the molecule is Cc1cc(CCCCCCn2cc[n+](C)c2)c(C)s1. The molecule has 2 rings (SSSR count). The fourth-order valence-corrected chi connectivity index (χ4v) is 3.51. The molecule has 2 heterocycles. The Hall–Kier alpha value is -1.09. The molecule has 0 aliphatic rings. The van der Waals surface area contributed by atoms with E-state index in [1.165, 1.54) is 41.9 Å². The van der Waals surface area contributed by atoms with Gasteiger partial charge in [-0.3, -0.25) is 0 Å². The van der Waals surface area contributed by atoms with Crippen LogP contribution in [-0.2, 0) is 20.0 Å². The van der Waals surface area contributed by atoms with Crippen LogP contribution in [0.1, 0.15) is 41.0 Å². The van der Waals surface area contributed by atoms with E-state index in [0.717, 1.165) is 6.54 Å². The number of hydrogen-bond acceptors (Lipinski definition) is 1. The topological polar surface area (TPSA) is 8.81 Å². The van der Waals surface area contributed by atoms with E-state index in [1.807, 2.05) is 11.3 Å². The van der Waals surface area contributed by atoms with Gasteiger partial charge >= 0.3 is 0 Å². The van der Waals surface area contributed by atoms with Crippen molar-refractivity contribution in [2.24, 2.45) is 7.05 Å². The average Bonchev–Trinajstić information content (AvgIpc) is 2.90. The van der Waals surface area contributed by atoms with Gasteiger partial charge in [0, 0.05) is 9.75 Å². The first-order chi connectivity index (χ1) is 9.15. The summed E-state index contributed by atoms with van der Waals surface area (Å²) in [7, 11) is 2.07. The molecule has 0 saturated heterocycles. The fraction of sp³-hybridized carbons (Fsp3) is 0.562. The van der Waals surface area contributed by atoms with Gasteiger partial charge in [0.25, 0.3) is 0 Å². The number of unbranched alkanes of at least 4 members (excludes halogenated alkanes) is 3. The molecule has 2 aromatic heterocycles. The summed E-state index contributed by atoms with van der Waals surface area (Å²) in [4.78, 5) is 2.96. The zero-order valence-electron chi connectivity index (χ0n) is 12.4. The van der Waals surface area contributed by atoms with Gasteiger partial charge < -0.3 is 0 Å². The molecule has 0 N–H and O–H groups in total. The van der Waals surface area contributed by atoms with Crippen molar-refractivity contribution in [3.05, 3.63) is 40.1 Å². The standard InChI is InChI=1S/C16H25N2S/c1-14-12-16(15(2)19-14)8-6-4-5-7-9-18-11-10-17(3)13-18/h10-13H,4-9H2,1-3H3/q+1. The Labute approximate surface area is 120 Å². The molecule has 0 amide bonds. The summed E-state index contributed by atoms with van der Waals surface area (Å²) in [5, 5.41) is 0. The van der Waals surface area contributed by atoms with E-state index in [0.29, 0.717) is 0 Å². The number of thiophene rings is 1. The molecule has 2 aromatic rings. The van der Waals surface area contributed by atoms with Gasteiger partial charge in [-0.2, -0.15) is 0 Å². The lowest BCUT2D eigenvalue weighted by molar-refractivity contribution is -0.671. The third kappa shape index (κ3) is 4.50. The van der Waals surface area contributed by atoms with Crippen molar-refractivity contribution in [2.45, 2.75) is 52.5 Å². The molecule has 0 aromatic carbocycles. The first-order valence-electron chi connectivity index (χ1n) is 7.22. The number of nitrogens with zero attached hydrogens (tertiary/aromatic N) is 2. The molecule has 0 bridgehead atoms. The van der Waals surface area contributed by atoms with Gasteiger partial charge in [-0.15, -0.1) is 11.3 Å². The first kappa shape index (κ1) is 14.3. The number of aromatic nitrogens is 2. The maximum atomic E-state index is 2.36. The minimum absolute atomic E-state index is 1.15. The molecule has 0 aliphatic heterocycles. The molecule has 0 unspecified atom stereocenters. The summed E-state index contributed by atoms with van der Waals surface area (Å²) >= 11 is 1.93. The predicted octanol–water partition coefficient (Wildman–Crippen LogP) is 3.79. The van der Waals surface area contributed by atoms with E-state index in [2.05, 4.69) is 54.8 Å². The lowest BCUT2D eigenvalue weighted by atomic mass is 10.1. The Kier molecular flexibility index (Phi) is 5.20. The van der Waals surface area contributed by atoms with Crippen LogP contribution >= 0.6 is 11.3 Å². The van der Waals surface area contributed by atoms with Gasteiger partial charge in [0.1, 0.15) is 12.4 Å². The fourth-order valence-electron chi connectivity index (χ4n) is 2.53. The van der Waals surface area contributed by atoms with Crippen LogP contribution in [0.3, 0.4) is 0 Å². The average molecular weight is 277 g/mol. The van der Waals surface area contributed by atoms with Crippen molar-refractivity contribution in [3.8, 4) is 0 Å². The number of imidazole rings is 1. The number of aryl methyl sites for hydroxylation is 5. The summed E-state index contributed by atoms with van der Waals surface area (Å²) in [5.41, 5.74) is 1.57. The Morgan fingerprint density at radius 3 is 2.58 bits per heavy atom. The highest BCUT2D eigenvalue weighted by Crippen LogP contribution is 2.22. The van der Waals surface area contributed by atoms with Crippen molar-refractivity contribution in [1.82, 2.24) is 4.57 Å². The Morgan fingerprint density at radius 2 is 1.95 bits per heavy atom. The maximum Gasteiger partial charge on any atom is 0.243 e. The van der Waals surface area contributed by atoms with Crippen molar-refractivity contribution in [2.75, 3.05) is 0 Å². The monoisotopic (exact) mass is 277 g/mol. The molecule has 0 aliphatic carbocycles. The number of rotatable bonds is 7. The van der Waals surface area contributed by atoms with Crippen molar-refractivity contribution in [3.63, 3.8) is 0 Å². The summed E-state index contributed by atoms with van der Waals surface area (Å²) in [6, 6.07) is 2.36. The molecular formula is C16H25N2S+. The Bertz CT molecular complexity index is 511. The Balaban J connectivity index is 1.58. The van der Waals surface area contributed by atoms with Crippen LogP contribution in [-0.4, -0.2) is 4.57 Å². The molecule has 0 atom stereocenters. The molecule has 0 spiro atoms. The minimum Gasteiger partial charge on any atom is -0.240 e. The smallest absolute Gasteiger partial charge is 0.240 e. The molecule has 3 heteroatoms. The molecule has 0 fully saturated rings. The zero-order chi connectivity index (χ0) is 13.7. The second-order valence-electron chi connectivity index (χ2n) is 5.42. The molecule has 104 valence electrons. The van der Waals surface area contributed by atoms with Crippen molar-refractivity contribution >= 4 is 11.3 Å². The third-order valence-electron chi connectivity index (χ3n) is 3.58. The largest absolute Gasteiger partial charge is 0.243 e. The van der Waals surface area contributed by atoms with Crippen LogP contribution in [0.2, 0.25) is 0 Å². The van der Waals surface area contributed by atoms with E-state index < -0.39 is 0 Å². The van der Waals surface area contributed by atoms with E-state index in [-0.39, 0.29) is 0 Å². The van der Waals surface area contributed by atoms with Gasteiger partial charge in [0.2, 0.25) is 6.33 Å². The molecule has 2 nitrogen and oxygen atoms in total. The van der Waals surface area contributed by atoms with Crippen LogP contribution in [0.5, 0.6) is 0 Å². The normalized spacial score (nSPS) is 11.1. The lowest BCUT2D eigenvalue weighted by Crippen LogP contribution is -2.23. The van der Waals surface area contributed by atoms with E-state index in [9.17, 15) is 0 Å². The predicted molar refractivity (Wildman–Crippen MR) is 81.6 cm³/mol. The highest BCUT2D eigenvalue weighted by atomic mass is 32.1. The van der Waals surface area contributed by atoms with E-state index in [1.54, 1.807) is 5.56 Å². The van der Waals surface area contributed by atoms with Gasteiger partial charge in [-0.05, 0) is 51.2 Å². The second kappa shape index (κ2) is 6.90. The van der Waals surface area contributed by atoms with Crippen LogP contribution in [0, 0.1) is 13.8 Å². The summed E-state index contributed by atoms with van der Waals surface area (Å²) < 4.78 is 4.37. The molecular weight excluding hydrogens is 252 g/mol. The lowest BCUT2D eigenvalue weighted by Gasteiger charge is -2.01. The third-order valence-corrected chi connectivity index (χ3v) is 4.59. The Morgan fingerprint density at radius 1 is 1.16 bits per heavy atom. The first-order valence-corrected chi connectivity index (χ1v) is 8.04. The minimum atomic E-state index is 1.15. The van der Waals surface area contributed by atoms with Gasteiger partial charge in [0.05, 0.1) is 13.6 Å². The highest BCUT2D eigenvalue weighted by Gasteiger charge is 2.03. The molecule has 0 saturated carbocycles. The maximum absolute atomic E-state index is 2.36. The van der Waals surface area contributed by atoms with E-state index >= 15 is 0 Å². The zero-order valence-corrected chi connectivity index (χ0v) is 13.2. The highest BCUT2D eigenvalue weighted by molar-refractivity contribution is 7.12. The van der Waals surface area contributed by atoms with Gasteiger partial charge in [0.15, 0.2) is 0 Å². The summed E-state index contributed by atoms with van der Waals surface area (Å²) in [5.74, 6) is 0. The van der Waals surface area contributed by atoms with Crippen LogP contribution < -0.4 is 4.57 Å². The van der Waals surface area contributed by atoms with Crippen LogP contribution in [0.4, 0.5) is 0 Å². The van der Waals surface area contributed by atoms with Crippen LogP contribution in [0.25, 0.3) is 0 Å². The van der Waals surface area contributed by atoms with Gasteiger partial charge in [-0.25, -0.2) is 9.13 Å².